The summed E-state index contributed by atoms with van der Waals surface area (Å²) in [5.74, 6) is -0.0267. The highest BCUT2D eigenvalue weighted by Crippen LogP contribution is 2.17. The van der Waals surface area contributed by atoms with Gasteiger partial charge in [-0.2, -0.15) is 0 Å². The molecular weight excluding hydrogens is 182 g/mol. The van der Waals surface area contributed by atoms with Crippen molar-refractivity contribution in [3.8, 4) is 5.88 Å². The maximum absolute atomic E-state index is 11.2. The summed E-state index contributed by atoms with van der Waals surface area (Å²) in [5, 5.41) is 0. The molecule has 4 heteroatoms. The lowest BCUT2D eigenvalue weighted by atomic mass is 10.0. The van der Waals surface area contributed by atoms with Crippen LogP contribution in [0, 0.1) is 0 Å². The van der Waals surface area contributed by atoms with Crippen molar-refractivity contribution >= 4 is 5.97 Å². The Kier molecular flexibility index (Phi) is 3.45. The molecule has 0 N–H and O–H groups in total. The van der Waals surface area contributed by atoms with Crippen molar-refractivity contribution in [1.82, 2.24) is 4.98 Å². The van der Waals surface area contributed by atoms with E-state index in [1.54, 1.807) is 32.4 Å². The highest BCUT2D eigenvalue weighted by molar-refractivity contribution is 5.77. The molecule has 0 bridgehead atoms. The van der Waals surface area contributed by atoms with Crippen molar-refractivity contribution in [3.63, 3.8) is 0 Å². The van der Waals surface area contributed by atoms with Crippen molar-refractivity contribution in [2.75, 3.05) is 14.2 Å². The molecule has 1 aromatic rings. The summed E-state index contributed by atoms with van der Waals surface area (Å²) >= 11 is 0. The minimum atomic E-state index is -0.293. The van der Waals surface area contributed by atoms with Crippen LogP contribution in [0.4, 0.5) is 0 Å². The Hall–Kier alpha value is -1.58. The van der Waals surface area contributed by atoms with Gasteiger partial charge in [-0.1, -0.05) is 6.07 Å². The number of ether oxygens (including phenoxy) is 2. The smallest absolute Gasteiger partial charge is 0.312 e. The number of pyridine rings is 1. The maximum Gasteiger partial charge on any atom is 0.312 e. The van der Waals surface area contributed by atoms with Crippen LogP contribution in [0.1, 0.15) is 18.4 Å². The normalized spacial score (nSPS) is 11.9. The van der Waals surface area contributed by atoms with Gasteiger partial charge in [0.15, 0.2) is 0 Å². The summed E-state index contributed by atoms with van der Waals surface area (Å²) in [6, 6.07) is 3.52. The molecule has 4 nitrogen and oxygen atoms in total. The Labute approximate surface area is 82.9 Å². The third kappa shape index (κ3) is 2.22. The Balaban J connectivity index is 2.81. The number of nitrogens with zero attached hydrogens (tertiary/aromatic N) is 1. The van der Waals surface area contributed by atoms with E-state index >= 15 is 0 Å². The average molecular weight is 195 g/mol. The van der Waals surface area contributed by atoms with Crippen LogP contribution in [0.25, 0.3) is 0 Å². The number of aromatic nitrogens is 1. The van der Waals surface area contributed by atoms with Gasteiger partial charge in [0.1, 0.15) is 0 Å². The van der Waals surface area contributed by atoms with Crippen molar-refractivity contribution in [1.29, 1.82) is 0 Å². The molecular formula is C10H13NO3. The van der Waals surface area contributed by atoms with Crippen molar-refractivity contribution < 1.29 is 14.3 Å². The standard InChI is InChI=1S/C10H13NO3/c1-7(10(12)14-3)8-4-5-9(13-2)11-6-8/h4-7H,1-3H3. The molecule has 0 aliphatic rings. The Morgan fingerprint density at radius 3 is 2.57 bits per heavy atom. The number of methoxy groups -OCH3 is 2. The number of carbonyl (C=O) groups excluding carboxylic acids is 1. The van der Waals surface area contributed by atoms with E-state index in [-0.39, 0.29) is 11.9 Å². The molecule has 76 valence electrons. The van der Waals surface area contributed by atoms with Crippen LogP contribution in [0.5, 0.6) is 5.88 Å². The highest BCUT2D eigenvalue weighted by atomic mass is 16.5. The minimum absolute atomic E-state index is 0.267. The van der Waals surface area contributed by atoms with E-state index in [4.69, 9.17) is 4.74 Å². The molecule has 1 heterocycles. The van der Waals surface area contributed by atoms with Gasteiger partial charge >= 0.3 is 5.97 Å². The molecule has 0 aromatic carbocycles. The van der Waals surface area contributed by atoms with Crippen LogP contribution in [0.15, 0.2) is 18.3 Å². The lowest BCUT2D eigenvalue weighted by Gasteiger charge is -2.08. The summed E-state index contributed by atoms with van der Waals surface area (Å²) in [4.78, 5) is 15.2. The lowest BCUT2D eigenvalue weighted by Crippen LogP contribution is -2.10. The van der Waals surface area contributed by atoms with Crippen molar-refractivity contribution in [2.45, 2.75) is 12.8 Å². The molecule has 1 atom stereocenters. The Morgan fingerprint density at radius 2 is 2.14 bits per heavy atom. The summed E-state index contributed by atoms with van der Waals surface area (Å²) in [7, 11) is 2.92. The van der Waals surface area contributed by atoms with Crippen LogP contribution in [0.3, 0.4) is 0 Å². The molecule has 1 unspecified atom stereocenters. The van der Waals surface area contributed by atoms with E-state index in [2.05, 4.69) is 9.72 Å². The Morgan fingerprint density at radius 1 is 1.43 bits per heavy atom. The molecule has 0 saturated heterocycles. The third-order valence-electron chi connectivity index (χ3n) is 2.02. The fraction of sp³-hybridized carbons (Fsp3) is 0.400. The van der Waals surface area contributed by atoms with Gasteiger partial charge in [0.25, 0.3) is 0 Å². The fourth-order valence-corrected chi connectivity index (χ4v) is 1.08. The quantitative estimate of drug-likeness (QED) is 0.683. The zero-order valence-corrected chi connectivity index (χ0v) is 8.48. The molecule has 14 heavy (non-hydrogen) atoms. The summed E-state index contributed by atoms with van der Waals surface area (Å²) in [6.07, 6.45) is 1.61. The number of esters is 1. The molecule has 0 spiro atoms. The van der Waals surface area contributed by atoms with Crippen LogP contribution >= 0.6 is 0 Å². The van der Waals surface area contributed by atoms with Crippen molar-refractivity contribution in [3.05, 3.63) is 23.9 Å². The number of rotatable bonds is 3. The van der Waals surface area contributed by atoms with E-state index in [9.17, 15) is 4.79 Å². The molecule has 1 rings (SSSR count). The van der Waals surface area contributed by atoms with Gasteiger partial charge in [-0.05, 0) is 12.5 Å². The molecule has 0 aliphatic carbocycles. The van der Waals surface area contributed by atoms with Crippen LogP contribution in [-0.4, -0.2) is 25.2 Å². The first kappa shape index (κ1) is 10.5. The number of hydrogen-bond donors (Lipinski definition) is 0. The van der Waals surface area contributed by atoms with Gasteiger partial charge in [0.05, 0.1) is 20.1 Å². The lowest BCUT2D eigenvalue weighted by molar-refractivity contribution is -0.142. The van der Waals surface area contributed by atoms with Crippen LogP contribution in [0.2, 0.25) is 0 Å². The summed E-state index contributed by atoms with van der Waals surface area (Å²) in [6.45, 7) is 1.77. The van der Waals surface area contributed by atoms with Gasteiger partial charge in [0.2, 0.25) is 5.88 Å². The minimum Gasteiger partial charge on any atom is -0.481 e. The van der Waals surface area contributed by atoms with E-state index in [1.165, 1.54) is 7.11 Å². The number of hydrogen-bond acceptors (Lipinski definition) is 4. The first-order chi connectivity index (χ1) is 6.69. The molecule has 0 aliphatic heterocycles. The fourth-order valence-electron chi connectivity index (χ4n) is 1.08. The second-order valence-corrected chi connectivity index (χ2v) is 2.88. The van der Waals surface area contributed by atoms with E-state index < -0.39 is 0 Å². The first-order valence-corrected chi connectivity index (χ1v) is 4.26. The van der Waals surface area contributed by atoms with Crippen LogP contribution < -0.4 is 4.74 Å². The predicted molar refractivity (Wildman–Crippen MR) is 51.2 cm³/mol. The van der Waals surface area contributed by atoms with E-state index in [1.807, 2.05) is 0 Å². The summed E-state index contributed by atoms with van der Waals surface area (Å²) < 4.78 is 9.53. The Bertz CT molecular complexity index is 308. The van der Waals surface area contributed by atoms with Crippen molar-refractivity contribution in [2.24, 2.45) is 0 Å². The SMILES string of the molecule is COC(=O)C(C)c1ccc(OC)nc1. The second kappa shape index (κ2) is 4.60. The molecule has 0 fully saturated rings. The van der Waals surface area contributed by atoms with E-state index in [0.717, 1.165) is 5.56 Å². The largest absolute Gasteiger partial charge is 0.481 e. The average Bonchev–Trinajstić information content (AvgIpc) is 2.27. The van der Waals surface area contributed by atoms with Gasteiger partial charge in [-0.25, -0.2) is 4.98 Å². The zero-order valence-electron chi connectivity index (χ0n) is 8.48. The first-order valence-electron chi connectivity index (χ1n) is 4.26. The molecule has 1 aromatic heterocycles. The monoisotopic (exact) mass is 195 g/mol. The topological polar surface area (TPSA) is 48.4 Å². The predicted octanol–water partition coefficient (Wildman–Crippen LogP) is 1.37. The zero-order chi connectivity index (χ0) is 10.6. The summed E-state index contributed by atoms with van der Waals surface area (Å²) in [5.41, 5.74) is 0.817. The van der Waals surface area contributed by atoms with Gasteiger partial charge in [0, 0.05) is 12.3 Å². The third-order valence-corrected chi connectivity index (χ3v) is 2.02. The van der Waals surface area contributed by atoms with Crippen LogP contribution in [-0.2, 0) is 9.53 Å². The van der Waals surface area contributed by atoms with Gasteiger partial charge < -0.3 is 9.47 Å². The highest BCUT2D eigenvalue weighted by Gasteiger charge is 2.15. The molecule has 0 saturated carbocycles. The molecule has 0 amide bonds. The van der Waals surface area contributed by atoms with Gasteiger partial charge in [-0.3, -0.25) is 4.79 Å². The number of carbonyl (C=O) groups is 1. The van der Waals surface area contributed by atoms with E-state index in [0.29, 0.717) is 5.88 Å². The molecule has 0 radical (unpaired) electrons. The maximum atomic E-state index is 11.2. The van der Waals surface area contributed by atoms with Gasteiger partial charge in [-0.15, -0.1) is 0 Å². The second-order valence-electron chi connectivity index (χ2n) is 2.88.